The van der Waals surface area contributed by atoms with Gasteiger partial charge in [0.25, 0.3) is 0 Å². The number of halogens is 1. The summed E-state index contributed by atoms with van der Waals surface area (Å²) < 4.78 is 25.5. The highest BCUT2D eigenvalue weighted by Gasteiger charge is 2.08. The Morgan fingerprint density at radius 1 is 1.10 bits per heavy atom. The molecule has 1 rings (SSSR count). The van der Waals surface area contributed by atoms with Crippen molar-refractivity contribution in [1.29, 1.82) is 0 Å². The summed E-state index contributed by atoms with van der Waals surface area (Å²) in [5.41, 5.74) is 2.19. The van der Waals surface area contributed by atoms with Crippen LogP contribution < -0.4 is 4.72 Å². The van der Waals surface area contributed by atoms with E-state index in [1.807, 2.05) is 24.3 Å². The molecule has 0 fully saturated rings. The van der Waals surface area contributed by atoms with Gasteiger partial charge >= 0.3 is 0 Å². The highest BCUT2D eigenvalue weighted by atomic mass is 35.5. The molecule has 0 spiro atoms. The Hall–Kier alpha value is -0.620. The van der Waals surface area contributed by atoms with Gasteiger partial charge in [0.05, 0.1) is 5.75 Å². The van der Waals surface area contributed by atoms with Gasteiger partial charge in [-0.3, -0.25) is 4.90 Å². The fraction of sp³-hybridized carbons (Fsp3) is 0.571. The second kappa shape index (κ2) is 8.62. The van der Waals surface area contributed by atoms with Gasteiger partial charge in [-0.15, -0.1) is 11.6 Å². The molecule has 4 nitrogen and oxygen atoms in total. The quantitative estimate of drug-likeness (QED) is 0.710. The van der Waals surface area contributed by atoms with Gasteiger partial charge in [0.1, 0.15) is 0 Å². The molecular weight excluding hydrogens is 296 g/mol. The van der Waals surface area contributed by atoms with E-state index < -0.39 is 10.0 Å². The molecule has 1 aromatic carbocycles. The number of hydrogen-bond donors (Lipinski definition) is 1. The fourth-order valence-electron chi connectivity index (χ4n) is 1.83. The number of nitrogens with zero attached hydrogens (tertiary/aromatic N) is 1. The van der Waals surface area contributed by atoms with Crippen LogP contribution in [0.25, 0.3) is 0 Å². The first-order chi connectivity index (χ1) is 9.50. The maximum Gasteiger partial charge on any atom is 0.213 e. The van der Waals surface area contributed by atoms with Crippen molar-refractivity contribution in [3.8, 4) is 0 Å². The Kier molecular flexibility index (Phi) is 7.51. The third-order valence-electron chi connectivity index (χ3n) is 3.17. The highest BCUT2D eigenvalue weighted by Crippen LogP contribution is 2.08. The van der Waals surface area contributed by atoms with Crippen LogP contribution in [0.4, 0.5) is 0 Å². The molecule has 0 aromatic heterocycles. The number of benzene rings is 1. The van der Waals surface area contributed by atoms with Gasteiger partial charge in [0.2, 0.25) is 10.0 Å². The first-order valence-corrected chi connectivity index (χ1v) is 9.03. The molecule has 6 heteroatoms. The van der Waals surface area contributed by atoms with Gasteiger partial charge in [0.15, 0.2) is 0 Å². The van der Waals surface area contributed by atoms with Crippen LogP contribution in [0.5, 0.6) is 0 Å². The van der Waals surface area contributed by atoms with Crippen molar-refractivity contribution in [2.24, 2.45) is 0 Å². The van der Waals surface area contributed by atoms with E-state index >= 15 is 0 Å². The highest BCUT2D eigenvalue weighted by molar-refractivity contribution is 7.89. The molecule has 114 valence electrons. The van der Waals surface area contributed by atoms with E-state index in [0.717, 1.165) is 25.2 Å². The predicted molar refractivity (Wildman–Crippen MR) is 84.4 cm³/mol. The van der Waals surface area contributed by atoms with Crippen molar-refractivity contribution in [2.75, 3.05) is 24.7 Å². The van der Waals surface area contributed by atoms with E-state index in [1.165, 1.54) is 5.56 Å². The molecule has 0 bridgehead atoms. The first-order valence-electron chi connectivity index (χ1n) is 6.84. The van der Waals surface area contributed by atoms with Crippen molar-refractivity contribution >= 4 is 21.6 Å². The van der Waals surface area contributed by atoms with Crippen LogP contribution in [-0.2, 0) is 23.1 Å². The maximum absolute atomic E-state index is 11.5. The van der Waals surface area contributed by atoms with Gasteiger partial charge in [0, 0.05) is 19.0 Å². The molecule has 0 radical (unpaired) electrons. The zero-order valence-corrected chi connectivity index (χ0v) is 13.7. The Labute approximate surface area is 127 Å². The molecule has 0 aliphatic rings. The topological polar surface area (TPSA) is 49.4 Å². The molecule has 0 saturated heterocycles. The van der Waals surface area contributed by atoms with Crippen LogP contribution in [0.1, 0.15) is 25.0 Å². The second-order valence-electron chi connectivity index (χ2n) is 4.61. The normalized spacial score (nSPS) is 12.0. The first kappa shape index (κ1) is 17.4. The van der Waals surface area contributed by atoms with Gasteiger partial charge in [-0.25, -0.2) is 13.1 Å². The summed E-state index contributed by atoms with van der Waals surface area (Å²) in [5, 5.41) is 0. The monoisotopic (exact) mass is 318 g/mol. The van der Waals surface area contributed by atoms with E-state index in [2.05, 4.69) is 23.5 Å². The molecule has 0 heterocycles. The molecule has 0 saturated carbocycles. The third-order valence-corrected chi connectivity index (χ3v) is 4.90. The predicted octanol–water partition coefficient (Wildman–Crippen LogP) is 2.19. The molecule has 0 atom stereocenters. The maximum atomic E-state index is 11.5. The zero-order chi connectivity index (χ0) is 15.0. The minimum absolute atomic E-state index is 0.0470. The minimum Gasteiger partial charge on any atom is -0.300 e. The lowest BCUT2D eigenvalue weighted by Gasteiger charge is -2.18. The molecule has 0 aliphatic heterocycles. The Morgan fingerprint density at radius 2 is 1.65 bits per heavy atom. The van der Waals surface area contributed by atoms with E-state index in [9.17, 15) is 8.42 Å². The number of alkyl halides is 1. The molecule has 0 unspecified atom stereocenters. The van der Waals surface area contributed by atoms with Crippen LogP contribution >= 0.6 is 11.6 Å². The summed E-state index contributed by atoms with van der Waals surface area (Å²) in [5.74, 6) is 0.0622. The van der Waals surface area contributed by atoms with Crippen LogP contribution in [0.15, 0.2) is 24.3 Å². The smallest absolute Gasteiger partial charge is 0.213 e. The molecule has 1 N–H and O–H groups in total. The van der Waals surface area contributed by atoms with Crippen LogP contribution in [0.3, 0.4) is 0 Å². The van der Waals surface area contributed by atoms with Crippen molar-refractivity contribution in [3.63, 3.8) is 0 Å². The largest absolute Gasteiger partial charge is 0.300 e. The van der Waals surface area contributed by atoms with E-state index in [1.54, 1.807) is 0 Å². The minimum atomic E-state index is -3.26. The average molecular weight is 319 g/mol. The summed E-state index contributed by atoms with van der Waals surface area (Å²) in [6.45, 7) is 7.57. The molecule has 20 heavy (non-hydrogen) atoms. The van der Waals surface area contributed by atoms with Crippen molar-refractivity contribution in [1.82, 2.24) is 9.62 Å². The van der Waals surface area contributed by atoms with Gasteiger partial charge < -0.3 is 0 Å². The lowest BCUT2D eigenvalue weighted by molar-refractivity contribution is 0.296. The van der Waals surface area contributed by atoms with Crippen molar-refractivity contribution in [2.45, 2.75) is 26.9 Å². The lowest BCUT2D eigenvalue weighted by Crippen LogP contribution is -2.26. The number of sulfonamides is 1. The van der Waals surface area contributed by atoms with Crippen molar-refractivity contribution < 1.29 is 8.42 Å². The summed E-state index contributed by atoms with van der Waals surface area (Å²) in [6, 6.07) is 8.01. The molecule has 1 aromatic rings. The van der Waals surface area contributed by atoms with E-state index in [0.29, 0.717) is 6.54 Å². The lowest BCUT2D eigenvalue weighted by atomic mass is 10.1. The van der Waals surface area contributed by atoms with Gasteiger partial charge in [-0.1, -0.05) is 38.1 Å². The van der Waals surface area contributed by atoms with Gasteiger partial charge in [-0.2, -0.15) is 0 Å². The zero-order valence-electron chi connectivity index (χ0n) is 12.1. The average Bonchev–Trinajstić information content (AvgIpc) is 2.44. The third kappa shape index (κ3) is 6.22. The van der Waals surface area contributed by atoms with E-state index in [-0.39, 0.29) is 11.6 Å². The Balaban J connectivity index is 2.54. The fourth-order valence-corrected chi connectivity index (χ4v) is 3.18. The van der Waals surface area contributed by atoms with Crippen LogP contribution in [0.2, 0.25) is 0 Å². The van der Waals surface area contributed by atoms with Gasteiger partial charge in [-0.05, 0) is 24.2 Å². The number of nitrogens with one attached hydrogen (secondary N) is 1. The SMILES string of the molecule is CCN(CC)Cc1ccc(CNS(=O)(=O)CCCl)cc1. The van der Waals surface area contributed by atoms with Crippen molar-refractivity contribution in [3.05, 3.63) is 35.4 Å². The number of rotatable bonds is 9. The standard InChI is InChI=1S/C14H23ClN2O2S/c1-3-17(4-2)12-14-7-5-13(6-8-14)11-16-20(18,19)10-9-15/h5-8,16H,3-4,9-12H2,1-2H3. The Bertz CT molecular complexity index is 484. The Morgan fingerprint density at radius 3 is 2.15 bits per heavy atom. The molecular formula is C14H23ClN2O2S. The second-order valence-corrected chi connectivity index (χ2v) is 6.91. The number of hydrogen-bond acceptors (Lipinski definition) is 3. The summed E-state index contributed by atoms with van der Waals surface area (Å²) in [4.78, 5) is 2.33. The van der Waals surface area contributed by atoms with Crippen LogP contribution in [-0.4, -0.2) is 38.0 Å². The summed E-state index contributed by atoms with van der Waals surface area (Å²) >= 11 is 5.44. The summed E-state index contributed by atoms with van der Waals surface area (Å²) in [7, 11) is -3.26. The molecule has 0 aliphatic carbocycles. The van der Waals surface area contributed by atoms with Crippen LogP contribution in [0, 0.1) is 0 Å². The molecule has 0 amide bonds. The van der Waals surface area contributed by atoms with E-state index in [4.69, 9.17) is 11.6 Å². The summed E-state index contributed by atoms with van der Waals surface area (Å²) in [6.07, 6.45) is 0.